The lowest BCUT2D eigenvalue weighted by atomic mass is 10.0. The third-order valence-electron chi connectivity index (χ3n) is 2.88. The first kappa shape index (κ1) is 14.6. The van der Waals surface area contributed by atoms with Gasteiger partial charge in [0.2, 0.25) is 10.0 Å². The first-order chi connectivity index (χ1) is 8.49. The maximum Gasteiger partial charge on any atom is 0.242 e. The number of rotatable bonds is 4. The number of halogens is 2. The monoisotopic (exact) mass is 328 g/mol. The van der Waals surface area contributed by atoms with Crippen molar-refractivity contribution in [1.29, 1.82) is 0 Å². The molecule has 1 aromatic rings. The van der Waals surface area contributed by atoms with E-state index in [1.165, 1.54) is 6.07 Å². The van der Waals surface area contributed by atoms with Crippen LogP contribution in [0.5, 0.6) is 0 Å². The van der Waals surface area contributed by atoms with E-state index in [-0.39, 0.29) is 9.23 Å². The van der Waals surface area contributed by atoms with Gasteiger partial charge in [-0.25, -0.2) is 13.1 Å². The number of hydrogen-bond acceptors (Lipinski definition) is 4. The molecule has 0 amide bonds. The van der Waals surface area contributed by atoms with E-state index in [1.54, 1.807) is 0 Å². The second-order valence-electron chi connectivity index (χ2n) is 4.25. The molecule has 8 heteroatoms. The molecule has 0 spiro atoms. The van der Waals surface area contributed by atoms with Crippen LogP contribution in [0.15, 0.2) is 11.0 Å². The molecule has 1 aliphatic heterocycles. The van der Waals surface area contributed by atoms with E-state index < -0.39 is 10.0 Å². The van der Waals surface area contributed by atoms with Crippen molar-refractivity contribution in [2.24, 2.45) is 5.92 Å². The Kier molecular flexibility index (Phi) is 4.91. The Morgan fingerprint density at radius 1 is 1.50 bits per heavy atom. The summed E-state index contributed by atoms with van der Waals surface area (Å²) < 4.78 is 27.3. The van der Waals surface area contributed by atoms with Crippen molar-refractivity contribution in [3.63, 3.8) is 0 Å². The van der Waals surface area contributed by atoms with Gasteiger partial charge in [-0.3, -0.25) is 0 Å². The average Bonchev–Trinajstić information content (AvgIpc) is 2.68. The van der Waals surface area contributed by atoms with Gasteiger partial charge in [0.1, 0.15) is 9.23 Å². The van der Waals surface area contributed by atoms with Crippen LogP contribution in [0, 0.1) is 5.92 Å². The van der Waals surface area contributed by atoms with Crippen molar-refractivity contribution in [3.05, 3.63) is 14.7 Å². The highest BCUT2D eigenvalue weighted by atomic mass is 35.5. The molecule has 4 nitrogen and oxygen atoms in total. The Bertz CT molecular complexity index is 510. The lowest BCUT2D eigenvalue weighted by molar-refractivity contribution is 0.376. The fourth-order valence-electron chi connectivity index (χ4n) is 1.91. The molecule has 18 heavy (non-hydrogen) atoms. The molecule has 2 N–H and O–H groups in total. The van der Waals surface area contributed by atoms with Gasteiger partial charge in [0.15, 0.2) is 0 Å². The predicted molar refractivity (Wildman–Crippen MR) is 75.1 cm³/mol. The van der Waals surface area contributed by atoms with Crippen LogP contribution in [0.3, 0.4) is 0 Å². The molecule has 1 unspecified atom stereocenters. The van der Waals surface area contributed by atoms with Gasteiger partial charge in [0, 0.05) is 6.54 Å². The quantitative estimate of drug-likeness (QED) is 0.891. The van der Waals surface area contributed by atoms with Crippen molar-refractivity contribution < 1.29 is 8.42 Å². The molecule has 1 aliphatic rings. The normalized spacial score (nSPS) is 21.1. The molecule has 1 atom stereocenters. The van der Waals surface area contributed by atoms with E-state index >= 15 is 0 Å². The fourth-order valence-corrected chi connectivity index (χ4v) is 5.18. The van der Waals surface area contributed by atoms with E-state index in [2.05, 4.69) is 10.0 Å². The first-order valence-corrected chi connectivity index (χ1v) is 8.70. The van der Waals surface area contributed by atoms with Crippen molar-refractivity contribution >= 4 is 44.6 Å². The molecule has 0 saturated carbocycles. The molecule has 102 valence electrons. The Labute approximate surface area is 121 Å². The molecule has 2 heterocycles. The van der Waals surface area contributed by atoms with Gasteiger partial charge in [-0.2, -0.15) is 0 Å². The fraction of sp³-hybridized carbons (Fsp3) is 0.600. The number of hydrogen-bond donors (Lipinski definition) is 2. The summed E-state index contributed by atoms with van der Waals surface area (Å²) in [6.45, 7) is 2.29. The lowest BCUT2D eigenvalue weighted by Gasteiger charge is -2.22. The summed E-state index contributed by atoms with van der Waals surface area (Å²) in [5, 5.41) is 3.25. The molecule has 1 saturated heterocycles. The number of nitrogens with one attached hydrogen (secondary N) is 2. The minimum atomic E-state index is -3.55. The van der Waals surface area contributed by atoms with Gasteiger partial charge in [-0.05, 0) is 37.9 Å². The highest BCUT2D eigenvalue weighted by Crippen LogP contribution is 2.34. The van der Waals surface area contributed by atoms with Gasteiger partial charge >= 0.3 is 0 Å². The molecule has 0 aliphatic carbocycles. The Balaban J connectivity index is 2.01. The second kappa shape index (κ2) is 6.07. The van der Waals surface area contributed by atoms with Gasteiger partial charge < -0.3 is 5.32 Å². The molecule has 0 radical (unpaired) electrons. The third kappa shape index (κ3) is 3.59. The molecule has 1 fully saturated rings. The van der Waals surface area contributed by atoms with Gasteiger partial charge in [0.05, 0.1) is 4.34 Å². The Hall–Kier alpha value is 0.150. The molecule has 0 bridgehead atoms. The SMILES string of the molecule is O=S(=O)(NCC1CCCNC1)c1cc(Cl)sc1Cl. The number of sulfonamides is 1. The number of piperidine rings is 1. The van der Waals surface area contributed by atoms with Crippen LogP contribution < -0.4 is 10.0 Å². The molecule has 0 aromatic carbocycles. The Morgan fingerprint density at radius 2 is 2.28 bits per heavy atom. The van der Waals surface area contributed by atoms with Gasteiger partial charge in [-0.1, -0.05) is 23.2 Å². The van der Waals surface area contributed by atoms with Crippen LogP contribution in [0.25, 0.3) is 0 Å². The minimum Gasteiger partial charge on any atom is -0.316 e. The molecule has 2 rings (SSSR count). The summed E-state index contributed by atoms with van der Waals surface area (Å²) in [4.78, 5) is 0.0722. The summed E-state index contributed by atoms with van der Waals surface area (Å²) in [5.74, 6) is 0.335. The molecular formula is C10H14Cl2N2O2S2. The predicted octanol–water partition coefficient (Wildman–Crippen LogP) is 2.33. The van der Waals surface area contributed by atoms with Crippen molar-refractivity contribution in [1.82, 2.24) is 10.0 Å². The van der Waals surface area contributed by atoms with E-state index in [0.717, 1.165) is 37.3 Å². The third-order valence-corrected chi connectivity index (χ3v) is 6.05. The smallest absolute Gasteiger partial charge is 0.242 e. The van der Waals surface area contributed by atoms with E-state index in [9.17, 15) is 8.42 Å². The lowest BCUT2D eigenvalue weighted by Crippen LogP contribution is -2.38. The number of thiophene rings is 1. The zero-order valence-electron chi connectivity index (χ0n) is 9.58. The van der Waals surface area contributed by atoms with Gasteiger partial charge in [0.25, 0.3) is 0 Å². The van der Waals surface area contributed by atoms with Gasteiger partial charge in [-0.15, -0.1) is 11.3 Å². The second-order valence-corrected chi connectivity index (χ2v) is 8.27. The summed E-state index contributed by atoms with van der Waals surface area (Å²) in [5.41, 5.74) is 0. The largest absolute Gasteiger partial charge is 0.316 e. The summed E-state index contributed by atoms with van der Waals surface area (Å²) >= 11 is 12.7. The van der Waals surface area contributed by atoms with Crippen molar-refractivity contribution in [2.75, 3.05) is 19.6 Å². The van der Waals surface area contributed by atoms with Crippen molar-refractivity contribution in [3.8, 4) is 0 Å². The van der Waals surface area contributed by atoms with E-state index in [4.69, 9.17) is 23.2 Å². The summed E-state index contributed by atoms with van der Waals surface area (Å²) in [6, 6.07) is 1.38. The molecule has 1 aromatic heterocycles. The van der Waals surface area contributed by atoms with Crippen molar-refractivity contribution in [2.45, 2.75) is 17.7 Å². The summed E-state index contributed by atoms with van der Waals surface area (Å²) in [7, 11) is -3.55. The Morgan fingerprint density at radius 3 is 2.83 bits per heavy atom. The van der Waals surface area contributed by atoms with Crippen LogP contribution >= 0.6 is 34.5 Å². The zero-order valence-corrected chi connectivity index (χ0v) is 12.7. The van der Waals surface area contributed by atoms with Crippen LogP contribution in [-0.2, 0) is 10.0 Å². The maximum atomic E-state index is 12.0. The van der Waals surface area contributed by atoms with Crippen LogP contribution in [0.4, 0.5) is 0 Å². The topological polar surface area (TPSA) is 58.2 Å². The zero-order chi connectivity index (χ0) is 13.2. The average molecular weight is 329 g/mol. The van der Waals surface area contributed by atoms with E-state index in [0.29, 0.717) is 16.8 Å². The minimum absolute atomic E-state index is 0.0722. The highest BCUT2D eigenvalue weighted by molar-refractivity contribution is 7.89. The van der Waals surface area contributed by atoms with Crippen LogP contribution in [0.2, 0.25) is 8.67 Å². The highest BCUT2D eigenvalue weighted by Gasteiger charge is 2.22. The summed E-state index contributed by atoms with van der Waals surface area (Å²) in [6.07, 6.45) is 2.12. The molecular weight excluding hydrogens is 315 g/mol. The standard InChI is InChI=1S/C10H14Cl2N2O2S2/c11-9-4-8(10(12)17-9)18(15,16)14-6-7-2-1-3-13-5-7/h4,7,13-14H,1-3,5-6H2. The first-order valence-electron chi connectivity index (χ1n) is 5.64. The maximum absolute atomic E-state index is 12.0. The van der Waals surface area contributed by atoms with Crippen LogP contribution in [-0.4, -0.2) is 28.1 Å². The van der Waals surface area contributed by atoms with Crippen LogP contribution in [0.1, 0.15) is 12.8 Å². The van der Waals surface area contributed by atoms with E-state index in [1.807, 2.05) is 0 Å².